The van der Waals surface area contributed by atoms with Gasteiger partial charge in [-0.25, -0.2) is 9.78 Å². The molecule has 3 heterocycles. The van der Waals surface area contributed by atoms with E-state index in [-0.39, 0.29) is 12.1 Å². The predicted octanol–water partition coefficient (Wildman–Crippen LogP) is 2.79. The predicted molar refractivity (Wildman–Crippen MR) is 92.1 cm³/mol. The first kappa shape index (κ1) is 16.4. The van der Waals surface area contributed by atoms with Crippen molar-refractivity contribution in [1.29, 1.82) is 0 Å². The number of carbonyl (C=O) groups excluding carboxylic acids is 1. The number of nitrogens with zero attached hydrogens (tertiary/aromatic N) is 3. The summed E-state index contributed by atoms with van der Waals surface area (Å²) in [4.78, 5) is 18.9. The minimum atomic E-state index is -0.0584. The third kappa shape index (κ3) is 2.96. The fourth-order valence-corrected chi connectivity index (χ4v) is 3.33. The van der Waals surface area contributed by atoms with Crippen LogP contribution in [0.3, 0.4) is 0 Å². The maximum Gasteiger partial charge on any atom is 0.318 e. The van der Waals surface area contributed by atoms with Crippen LogP contribution in [0.1, 0.15) is 35.5 Å². The Balaban J connectivity index is 1.71. The Morgan fingerprint density at radius 2 is 2.21 bits per heavy atom. The van der Waals surface area contributed by atoms with Crippen molar-refractivity contribution in [3.05, 3.63) is 46.9 Å². The molecule has 0 saturated heterocycles. The Hall–Kier alpha value is -2.50. The molecule has 1 N–H and O–H groups in total. The fraction of sp³-hybridized carbons (Fsp3) is 0.444. The molecule has 1 atom stereocenters. The summed E-state index contributed by atoms with van der Waals surface area (Å²) in [6.45, 7) is 7.94. The summed E-state index contributed by atoms with van der Waals surface area (Å²) in [6.07, 6.45) is 2.06. The van der Waals surface area contributed by atoms with E-state index in [2.05, 4.69) is 34.1 Å². The van der Waals surface area contributed by atoms with Crippen molar-refractivity contribution in [2.75, 3.05) is 13.7 Å². The lowest BCUT2D eigenvalue weighted by Gasteiger charge is -2.35. The van der Waals surface area contributed by atoms with Crippen molar-refractivity contribution in [3.8, 4) is 5.88 Å². The molecule has 0 radical (unpaired) electrons. The van der Waals surface area contributed by atoms with Crippen molar-refractivity contribution < 1.29 is 9.53 Å². The zero-order valence-electron chi connectivity index (χ0n) is 14.7. The van der Waals surface area contributed by atoms with E-state index in [0.29, 0.717) is 19.0 Å². The van der Waals surface area contributed by atoms with Crippen LogP contribution in [-0.4, -0.2) is 34.1 Å². The summed E-state index contributed by atoms with van der Waals surface area (Å²) in [7, 11) is 1.60. The van der Waals surface area contributed by atoms with E-state index in [0.717, 1.165) is 23.4 Å². The normalized spacial score (nSPS) is 16.7. The first-order valence-corrected chi connectivity index (χ1v) is 8.22. The van der Waals surface area contributed by atoms with Crippen LogP contribution in [-0.2, 0) is 13.1 Å². The van der Waals surface area contributed by atoms with Gasteiger partial charge >= 0.3 is 6.03 Å². The Bertz CT molecular complexity index is 753. The van der Waals surface area contributed by atoms with Gasteiger partial charge in [0.15, 0.2) is 0 Å². The number of hydrogen-bond donors (Lipinski definition) is 1. The molecule has 0 aromatic carbocycles. The molecule has 1 aliphatic rings. The summed E-state index contributed by atoms with van der Waals surface area (Å²) in [5.74, 6) is 0.577. The van der Waals surface area contributed by atoms with Crippen LogP contribution >= 0.6 is 0 Å². The molecular weight excluding hydrogens is 304 g/mol. The average Bonchev–Trinajstić information content (AvgIpc) is 3.03. The Kier molecular flexibility index (Phi) is 4.46. The minimum Gasteiger partial charge on any atom is -0.481 e. The lowest BCUT2D eigenvalue weighted by Crippen LogP contribution is -2.45. The van der Waals surface area contributed by atoms with Crippen molar-refractivity contribution in [2.45, 2.75) is 39.9 Å². The fourth-order valence-electron chi connectivity index (χ4n) is 3.33. The van der Waals surface area contributed by atoms with Crippen LogP contribution in [0.15, 0.2) is 24.4 Å². The molecule has 6 nitrogen and oxygen atoms in total. The summed E-state index contributed by atoms with van der Waals surface area (Å²) < 4.78 is 7.56. The molecule has 2 aromatic heterocycles. The standard InChI is InChI=1S/C18H24N4O2/c1-12-10-13(2)20-17(24-4)15(12)11-19-18(23)22-9-8-21-7-5-6-16(21)14(22)3/h5-7,10,14H,8-9,11H2,1-4H3,(H,19,23)/t14-/m1/s1. The molecule has 1 aliphatic heterocycles. The summed E-state index contributed by atoms with van der Waals surface area (Å²) in [6, 6.07) is 6.10. The molecule has 128 valence electrons. The second-order valence-electron chi connectivity index (χ2n) is 6.22. The third-order valence-electron chi connectivity index (χ3n) is 4.65. The SMILES string of the molecule is COc1nc(C)cc(C)c1CNC(=O)N1CCn2cccc2[C@H]1C. The maximum atomic E-state index is 12.6. The van der Waals surface area contributed by atoms with Gasteiger partial charge in [0.25, 0.3) is 0 Å². The van der Waals surface area contributed by atoms with E-state index in [9.17, 15) is 4.79 Å². The number of aryl methyl sites for hydroxylation is 2. The second kappa shape index (κ2) is 6.55. The Morgan fingerprint density at radius 3 is 2.96 bits per heavy atom. The molecule has 0 saturated carbocycles. The van der Waals surface area contributed by atoms with Gasteiger partial charge in [-0.05, 0) is 44.5 Å². The summed E-state index contributed by atoms with van der Waals surface area (Å²) in [5.41, 5.74) is 4.07. The highest BCUT2D eigenvalue weighted by Gasteiger charge is 2.27. The van der Waals surface area contributed by atoms with Crippen LogP contribution in [0.5, 0.6) is 5.88 Å². The summed E-state index contributed by atoms with van der Waals surface area (Å²) in [5, 5.41) is 3.01. The van der Waals surface area contributed by atoms with Gasteiger partial charge in [-0.1, -0.05) is 0 Å². The lowest BCUT2D eigenvalue weighted by molar-refractivity contribution is 0.162. The molecular formula is C18H24N4O2. The van der Waals surface area contributed by atoms with Gasteiger partial charge in [0.05, 0.1) is 19.7 Å². The molecule has 2 amide bonds. The van der Waals surface area contributed by atoms with Gasteiger partial charge in [0, 0.05) is 36.2 Å². The number of rotatable bonds is 3. The highest BCUT2D eigenvalue weighted by atomic mass is 16.5. The monoisotopic (exact) mass is 328 g/mol. The maximum absolute atomic E-state index is 12.6. The largest absolute Gasteiger partial charge is 0.481 e. The van der Waals surface area contributed by atoms with Crippen molar-refractivity contribution >= 4 is 6.03 Å². The number of hydrogen-bond acceptors (Lipinski definition) is 3. The molecule has 0 bridgehead atoms. The molecule has 24 heavy (non-hydrogen) atoms. The molecule has 6 heteroatoms. The van der Waals surface area contributed by atoms with Gasteiger partial charge in [-0.2, -0.15) is 0 Å². The smallest absolute Gasteiger partial charge is 0.318 e. The first-order valence-electron chi connectivity index (χ1n) is 8.22. The molecule has 0 aliphatic carbocycles. The Labute approximate surface area is 142 Å². The molecule has 0 spiro atoms. The third-order valence-corrected chi connectivity index (χ3v) is 4.65. The van der Waals surface area contributed by atoms with Crippen LogP contribution in [0, 0.1) is 13.8 Å². The molecule has 0 fully saturated rings. The van der Waals surface area contributed by atoms with E-state index in [1.54, 1.807) is 7.11 Å². The van der Waals surface area contributed by atoms with Crippen molar-refractivity contribution in [1.82, 2.24) is 19.8 Å². The van der Waals surface area contributed by atoms with Crippen molar-refractivity contribution in [3.63, 3.8) is 0 Å². The van der Waals surface area contributed by atoms with Gasteiger partial charge in [0.2, 0.25) is 5.88 Å². The van der Waals surface area contributed by atoms with Gasteiger partial charge in [-0.15, -0.1) is 0 Å². The highest BCUT2D eigenvalue weighted by molar-refractivity contribution is 5.75. The minimum absolute atomic E-state index is 0.0584. The van der Waals surface area contributed by atoms with E-state index in [1.165, 1.54) is 5.69 Å². The van der Waals surface area contributed by atoms with Crippen LogP contribution in [0.4, 0.5) is 4.79 Å². The van der Waals surface area contributed by atoms with E-state index in [4.69, 9.17) is 4.74 Å². The summed E-state index contributed by atoms with van der Waals surface area (Å²) >= 11 is 0. The number of pyridine rings is 1. The lowest BCUT2D eigenvalue weighted by atomic mass is 10.1. The molecule has 3 rings (SSSR count). The highest BCUT2D eigenvalue weighted by Crippen LogP contribution is 2.25. The quantitative estimate of drug-likeness (QED) is 0.942. The van der Waals surface area contributed by atoms with E-state index < -0.39 is 0 Å². The molecule has 0 unspecified atom stereocenters. The van der Waals surface area contributed by atoms with Gasteiger partial charge in [0.1, 0.15) is 0 Å². The number of methoxy groups -OCH3 is 1. The topological polar surface area (TPSA) is 59.4 Å². The number of ether oxygens (including phenoxy) is 1. The Morgan fingerprint density at radius 1 is 1.42 bits per heavy atom. The number of nitrogens with one attached hydrogen (secondary N) is 1. The zero-order valence-corrected chi connectivity index (χ0v) is 14.7. The van der Waals surface area contributed by atoms with Gasteiger partial charge < -0.3 is 19.5 Å². The van der Waals surface area contributed by atoms with Gasteiger partial charge in [-0.3, -0.25) is 0 Å². The number of fused-ring (bicyclic) bond motifs is 1. The average molecular weight is 328 g/mol. The van der Waals surface area contributed by atoms with E-state index >= 15 is 0 Å². The second-order valence-corrected chi connectivity index (χ2v) is 6.22. The van der Waals surface area contributed by atoms with E-state index in [1.807, 2.05) is 30.9 Å². The van der Waals surface area contributed by atoms with Crippen LogP contribution < -0.4 is 10.1 Å². The first-order chi connectivity index (χ1) is 11.5. The number of amides is 2. The van der Waals surface area contributed by atoms with Crippen LogP contribution in [0.2, 0.25) is 0 Å². The number of aromatic nitrogens is 2. The number of urea groups is 1. The molecule has 2 aromatic rings. The van der Waals surface area contributed by atoms with Crippen molar-refractivity contribution in [2.24, 2.45) is 0 Å². The number of carbonyl (C=O) groups is 1. The van der Waals surface area contributed by atoms with Crippen LogP contribution in [0.25, 0.3) is 0 Å². The zero-order chi connectivity index (χ0) is 17.3.